The molecular weight excluding hydrogens is 327 g/mol. The number of primary amides is 1. The molecule has 0 bridgehead atoms. The summed E-state index contributed by atoms with van der Waals surface area (Å²) >= 11 is 0. The lowest BCUT2D eigenvalue weighted by Gasteiger charge is -2.36. The van der Waals surface area contributed by atoms with Gasteiger partial charge in [-0.15, -0.1) is 0 Å². The third-order valence-electron chi connectivity index (χ3n) is 4.80. The van der Waals surface area contributed by atoms with E-state index in [9.17, 15) is 22.8 Å². The Morgan fingerprint density at radius 3 is 2.42 bits per heavy atom. The van der Waals surface area contributed by atoms with Crippen LogP contribution in [0, 0.1) is 11.8 Å². The fourth-order valence-corrected chi connectivity index (χ4v) is 3.49. The largest absolute Gasteiger partial charge is 0.406 e. The van der Waals surface area contributed by atoms with E-state index in [0.717, 1.165) is 19.9 Å². The van der Waals surface area contributed by atoms with E-state index in [1.54, 1.807) is 0 Å². The Hall–Kier alpha value is -1.35. The van der Waals surface area contributed by atoms with E-state index in [2.05, 4.69) is 0 Å². The number of alkyl halides is 3. The van der Waals surface area contributed by atoms with Crippen LogP contribution in [0.5, 0.6) is 0 Å². The summed E-state index contributed by atoms with van der Waals surface area (Å²) in [6.07, 6.45) is -2.44. The molecule has 0 unspecified atom stereocenters. The first-order chi connectivity index (χ1) is 11.2. The second-order valence-corrected chi connectivity index (χ2v) is 6.61. The Morgan fingerprint density at radius 1 is 1.25 bits per heavy atom. The molecule has 0 saturated carbocycles. The number of hydrogen-bond donors (Lipinski definition) is 1. The highest BCUT2D eigenvalue weighted by Crippen LogP contribution is 2.32. The Balaban J connectivity index is 1.78. The Labute approximate surface area is 139 Å². The van der Waals surface area contributed by atoms with Gasteiger partial charge in [-0.25, -0.2) is 0 Å². The number of carbonyl (C=O) groups is 2. The molecule has 2 aliphatic rings. The number of likely N-dealkylation sites (tertiary alicyclic amines) is 1. The highest BCUT2D eigenvalue weighted by molar-refractivity contribution is 5.78. The van der Waals surface area contributed by atoms with Crippen molar-refractivity contribution in [2.45, 2.75) is 31.5 Å². The summed E-state index contributed by atoms with van der Waals surface area (Å²) in [6, 6.07) is 0. The summed E-state index contributed by atoms with van der Waals surface area (Å²) in [7, 11) is 1.16. The minimum Gasteiger partial charge on any atom is -0.377 e. The highest BCUT2D eigenvalue weighted by atomic mass is 19.4. The predicted molar refractivity (Wildman–Crippen MR) is 79.9 cm³/mol. The third-order valence-corrected chi connectivity index (χ3v) is 4.80. The molecule has 2 rings (SSSR count). The van der Waals surface area contributed by atoms with Gasteiger partial charge in [0.15, 0.2) is 0 Å². The molecule has 0 aliphatic carbocycles. The molecule has 2 N–H and O–H groups in total. The molecule has 2 saturated heterocycles. The summed E-state index contributed by atoms with van der Waals surface area (Å²) in [6.45, 7) is 0.463. The number of nitrogens with two attached hydrogens (primary N) is 1. The molecule has 0 aromatic rings. The van der Waals surface area contributed by atoms with Crippen LogP contribution in [0.2, 0.25) is 0 Å². The average molecular weight is 351 g/mol. The first kappa shape index (κ1) is 19.0. The fourth-order valence-electron chi connectivity index (χ4n) is 3.49. The van der Waals surface area contributed by atoms with Gasteiger partial charge in [-0.1, -0.05) is 0 Å². The SMILES string of the molecule is CN(CC(F)(F)F)C(=O)CN1CCC([C@H]2OCC[C@@H]2C(N)=O)CC1. The second-order valence-electron chi connectivity index (χ2n) is 6.61. The van der Waals surface area contributed by atoms with E-state index < -0.39 is 18.6 Å². The van der Waals surface area contributed by atoms with Crippen molar-refractivity contribution < 1.29 is 27.5 Å². The zero-order valence-corrected chi connectivity index (χ0v) is 13.7. The zero-order valence-electron chi connectivity index (χ0n) is 13.7. The van der Waals surface area contributed by atoms with Gasteiger partial charge < -0.3 is 15.4 Å². The number of piperidine rings is 1. The number of halogens is 3. The van der Waals surface area contributed by atoms with E-state index in [4.69, 9.17) is 10.5 Å². The number of amides is 2. The van der Waals surface area contributed by atoms with Crippen LogP contribution in [0.25, 0.3) is 0 Å². The standard InChI is InChI=1S/C15H24F3N3O3/c1-20(9-15(16,17)18)12(22)8-21-5-2-10(3-6-21)13-11(14(19)23)4-7-24-13/h10-11,13H,2-9H2,1H3,(H2,19,23)/t11-,13+/m0/s1. The Bertz CT molecular complexity index is 465. The van der Waals surface area contributed by atoms with E-state index in [1.165, 1.54) is 0 Å². The van der Waals surface area contributed by atoms with Gasteiger partial charge in [-0.3, -0.25) is 14.5 Å². The van der Waals surface area contributed by atoms with Crippen molar-refractivity contribution in [2.75, 3.05) is 39.8 Å². The number of carbonyl (C=O) groups excluding carboxylic acids is 2. The number of rotatable bonds is 5. The van der Waals surface area contributed by atoms with Gasteiger partial charge in [0.05, 0.1) is 18.6 Å². The molecule has 2 heterocycles. The normalized spacial score (nSPS) is 26.5. The van der Waals surface area contributed by atoms with Gasteiger partial charge in [0.2, 0.25) is 11.8 Å². The van der Waals surface area contributed by atoms with Crippen molar-refractivity contribution in [1.82, 2.24) is 9.80 Å². The molecular formula is C15H24F3N3O3. The van der Waals surface area contributed by atoms with Crippen molar-refractivity contribution in [3.05, 3.63) is 0 Å². The molecule has 6 nitrogen and oxygen atoms in total. The Morgan fingerprint density at radius 2 is 1.88 bits per heavy atom. The van der Waals surface area contributed by atoms with Crippen molar-refractivity contribution in [3.8, 4) is 0 Å². The third kappa shape index (κ3) is 5.07. The van der Waals surface area contributed by atoms with Gasteiger partial charge in [-0.05, 0) is 38.3 Å². The molecule has 138 valence electrons. The summed E-state index contributed by atoms with van der Waals surface area (Å²) < 4.78 is 42.6. The number of ether oxygens (including phenoxy) is 1. The first-order valence-corrected chi connectivity index (χ1v) is 8.11. The van der Waals surface area contributed by atoms with Gasteiger partial charge in [0.1, 0.15) is 6.54 Å². The van der Waals surface area contributed by atoms with E-state index >= 15 is 0 Å². The fraction of sp³-hybridized carbons (Fsp3) is 0.867. The van der Waals surface area contributed by atoms with Crippen molar-refractivity contribution in [2.24, 2.45) is 17.6 Å². The maximum Gasteiger partial charge on any atom is 0.406 e. The molecule has 0 aromatic carbocycles. The molecule has 2 aliphatic heterocycles. The summed E-state index contributed by atoms with van der Waals surface area (Å²) in [4.78, 5) is 25.9. The van der Waals surface area contributed by atoms with Gasteiger partial charge in [0, 0.05) is 13.7 Å². The topological polar surface area (TPSA) is 75.9 Å². The number of hydrogen-bond acceptors (Lipinski definition) is 4. The molecule has 0 aromatic heterocycles. The molecule has 9 heteroatoms. The van der Waals surface area contributed by atoms with Crippen LogP contribution < -0.4 is 5.73 Å². The van der Waals surface area contributed by atoms with Crippen LogP contribution in [-0.4, -0.2) is 73.7 Å². The maximum absolute atomic E-state index is 12.3. The van der Waals surface area contributed by atoms with Crippen LogP contribution in [0.3, 0.4) is 0 Å². The Kier molecular flexibility index (Phi) is 6.08. The molecule has 0 spiro atoms. The molecule has 24 heavy (non-hydrogen) atoms. The van der Waals surface area contributed by atoms with Crippen LogP contribution >= 0.6 is 0 Å². The van der Waals surface area contributed by atoms with Crippen molar-refractivity contribution in [3.63, 3.8) is 0 Å². The van der Waals surface area contributed by atoms with Gasteiger partial charge in [-0.2, -0.15) is 13.2 Å². The molecule has 2 fully saturated rings. The smallest absolute Gasteiger partial charge is 0.377 e. The van der Waals surface area contributed by atoms with Crippen molar-refractivity contribution >= 4 is 11.8 Å². The van der Waals surface area contributed by atoms with Crippen LogP contribution in [0.15, 0.2) is 0 Å². The zero-order chi connectivity index (χ0) is 17.9. The van der Waals surface area contributed by atoms with Crippen LogP contribution in [-0.2, 0) is 14.3 Å². The summed E-state index contributed by atoms with van der Waals surface area (Å²) in [5.74, 6) is -0.952. The van der Waals surface area contributed by atoms with Crippen molar-refractivity contribution in [1.29, 1.82) is 0 Å². The predicted octanol–water partition coefficient (Wildman–Crippen LogP) is 0.610. The molecule has 0 radical (unpaired) electrons. The quantitative estimate of drug-likeness (QED) is 0.787. The van der Waals surface area contributed by atoms with E-state index in [0.29, 0.717) is 31.0 Å². The van der Waals surface area contributed by atoms with Crippen LogP contribution in [0.1, 0.15) is 19.3 Å². The second kappa shape index (κ2) is 7.69. The lowest BCUT2D eigenvalue weighted by molar-refractivity contribution is -0.159. The average Bonchev–Trinajstić information content (AvgIpc) is 2.96. The van der Waals surface area contributed by atoms with Gasteiger partial charge >= 0.3 is 6.18 Å². The van der Waals surface area contributed by atoms with Gasteiger partial charge in [0.25, 0.3) is 0 Å². The highest BCUT2D eigenvalue weighted by Gasteiger charge is 2.39. The van der Waals surface area contributed by atoms with Crippen LogP contribution in [0.4, 0.5) is 13.2 Å². The summed E-state index contributed by atoms with van der Waals surface area (Å²) in [5, 5.41) is 0. The first-order valence-electron chi connectivity index (χ1n) is 8.11. The molecule has 2 amide bonds. The lowest BCUT2D eigenvalue weighted by atomic mass is 9.84. The van der Waals surface area contributed by atoms with E-state index in [-0.39, 0.29) is 30.4 Å². The monoisotopic (exact) mass is 351 g/mol. The minimum absolute atomic E-state index is 0.0237. The summed E-state index contributed by atoms with van der Waals surface area (Å²) in [5.41, 5.74) is 5.40. The lowest BCUT2D eigenvalue weighted by Crippen LogP contribution is -2.46. The van der Waals surface area contributed by atoms with E-state index in [1.807, 2.05) is 4.90 Å². The minimum atomic E-state index is -4.39. The molecule has 2 atom stereocenters. The maximum atomic E-state index is 12.3. The number of likely N-dealkylation sites (N-methyl/N-ethyl adjacent to an activating group) is 1. The number of nitrogens with zero attached hydrogens (tertiary/aromatic N) is 2.